The number of fused-ring (bicyclic) bond motifs is 2. The molecule has 0 saturated carbocycles. The largest absolute Gasteiger partial charge is 0.481 e. The Morgan fingerprint density at radius 2 is 1.32 bits per heavy atom. The number of aromatic amines is 2. The molecule has 0 radical (unpaired) electrons. The van der Waals surface area contributed by atoms with Crippen LogP contribution in [0.4, 0.5) is 0 Å². The lowest BCUT2D eigenvalue weighted by molar-refractivity contribution is -0.141. The lowest BCUT2D eigenvalue weighted by Gasteiger charge is -2.27. The van der Waals surface area contributed by atoms with Gasteiger partial charge in [-0.3, -0.25) is 38.6 Å². The van der Waals surface area contributed by atoms with Crippen molar-refractivity contribution in [2.75, 3.05) is 6.54 Å². The molecule has 21 heteroatoms. The molecular formula is C48H60N12O9. The molecular weight excluding hydrogens is 889 g/mol. The van der Waals surface area contributed by atoms with Crippen molar-refractivity contribution in [1.29, 1.82) is 0 Å². The number of nitrogens with two attached hydrogens (primary N) is 2. The molecule has 366 valence electrons. The highest BCUT2D eigenvalue weighted by Crippen LogP contribution is 2.20. The second-order valence-corrected chi connectivity index (χ2v) is 16.7. The summed E-state index contributed by atoms with van der Waals surface area (Å²) in [6, 6.07) is 12.6. The number of guanidine groups is 1. The molecule has 2 aromatic heterocycles. The summed E-state index contributed by atoms with van der Waals surface area (Å²) < 4.78 is 0. The topological polar surface area (TPSA) is 338 Å². The number of para-hydroxylation sites is 1. The Hall–Kier alpha value is -8.10. The summed E-state index contributed by atoms with van der Waals surface area (Å²) >= 11 is 0. The number of unbranched alkanes of at least 4 members (excludes halogenated alkanes) is 1. The molecule has 0 unspecified atom stereocenters. The number of rotatable bonds is 27. The number of nitrogens with zero attached hydrogens (tertiary/aromatic N) is 2. The minimum Gasteiger partial charge on any atom is -0.481 e. The Morgan fingerprint density at radius 1 is 0.710 bits per heavy atom. The summed E-state index contributed by atoms with van der Waals surface area (Å²) in [5, 5.41) is 28.2. The maximum Gasteiger partial charge on any atom is 0.305 e. The van der Waals surface area contributed by atoms with Crippen molar-refractivity contribution in [3.8, 4) is 0 Å². The number of carbonyl (C=O) groups is 8. The Kier molecular flexibility index (Phi) is 19.3. The number of carboxylic acids is 1. The smallest absolute Gasteiger partial charge is 0.305 e. The maximum atomic E-state index is 14.6. The molecule has 21 nitrogen and oxygen atoms in total. The van der Waals surface area contributed by atoms with Crippen LogP contribution in [0.5, 0.6) is 0 Å². The number of amides is 6. The highest BCUT2D eigenvalue weighted by Gasteiger charge is 2.34. The number of H-pyrrole nitrogens is 2. The van der Waals surface area contributed by atoms with E-state index in [4.69, 9.17) is 11.5 Å². The average molecular weight is 949 g/mol. The van der Waals surface area contributed by atoms with Gasteiger partial charge in [-0.1, -0.05) is 80.4 Å². The van der Waals surface area contributed by atoms with Crippen molar-refractivity contribution in [2.45, 2.75) is 108 Å². The van der Waals surface area contributed by atoms with Crippen molar-refractivity contribution < 1.29 is 43.5 Å². The third kappa shape index (κ3) is 16.0. The third-order valence-electron chi connectivity index (χ3n) is 11.2. The van der Waals surface area contributed by atoms with E-state index in [1.165, 1.54) is 19.4 Å². The molecule has 0 aliphatic carbocycles. The van der Waals surface area contributed by atoms with Gasteiger partial charge in [0.25, 0.3) is 0 Å². The Bertz CT molecular complexity index is 2610. The fraction of sp³-hybridized carbons (Fsp3) is 0.375. The minimum atomic E-state index is -1.69. The van der Waals surface area contributed by atoms with Gasteiger partial charge in [-0.2, -0.15) is 0 Å². The van der Waals surface area contributed by atoms with E-state index >= 15 is 0 Å². The zero-order chi connectivity index (χ0) is 49.9. The van der Waals surface area contributed by atoms with E-state index in [-0.39, 0.29) is 51.0 Å². The first-order valence-electron chi connectivity index (χ1n) is 22.6. The number of aliphatic carboxylic acids is 1. The van der Waals surface area contributed by atoms with E-state index in [0.29, 0.717) is 30.4 Å². The van der Waals surface area contributed by atoms with Crippen LogP contribution in [-0.4, -0.2) is 117 Å². The molecule has 0 saturated heterocycles. The van der Waals surface area contributed by atoms with Crippen LogP contribution in [0.15, 0.2) is 90.4 Å². The predicted molar refractivity (Wildman–Crippen MR) is 257 cm³/mol. The number of hydrogen-bond donors (Lipinski definition) is 11. The van der Waals surface area contributed by atoms with Crippen molar-refractivity contribution in [3.05, 3.63) is 102 Å². The molecule has 6 amide bonds. The van der Waals surface area contributed by atoms with E-state index in [1.807, 2.05) is 67.6 Å². The number of hydrogen-bond acceptors (Lipinski definition) is 10. The number of aromatic nitrogens is 3. The van der Waals surface area contributed by atoms with Gasteiger partial charge in [0.15, 0.2) is 5.96 Å². The minimum absolute atomic E-state index is 0.0140. The van der Waals surface area contributed by atoms with E-state index in [0.717, 1.165) is 27.2 Å². The quantitative estimate of drug-likeness (QED) is 0.0152. The van der Waals surface area contributed by atoms with Gasteiger partial charge in [0.05, 0.1) is 18.8 Å². The summed E-state index contributed by atoms with van der Waals surface area (Å²) in [5.41, 5.74) is 13.7. The lowest BCUT2D eigenvalue weighted by atomic mass is 9.99. The second kappa shape index (κ2) is 25.7. The molecule has 13 N–H and O–H groups in total. The predicted octanol–water partition coefficient (Wildman–Crippen LogP) is 0.918. The monoisotopic (exact) mass is 948 g/mol. The van der Waals surface area contributed by atoms with Crippen LogP contribution in [0.3, 0.4) is 0 Å². The highest BCUT2D eigenvalue weighted by atomic mass is 16.4. The molecule has 5 rings (SSSR count). The Balaban J connectivity index is 1.43. The zero-order valence-electron chi connectivity index (χ0n) is 38.5. The van der Waals surface area contributed by atoms with Gasteiger partial charge in [-0.05, 0) is 47.2 Å². The maximum absolute atomic E-state index is 14.6. The van der Waals surface area contributed by atoms with E-state index in [2.05, 4.69) is 51.8 Å². The standard InChI is InChI=1S/C48H60N12O9/c1-3-4-13-37(55-28(2)62)44(66)60-41(23-42(63)64)47(69)59-40(22-33-25-51-27-54-33)46(68)58-39(20-29-16-17-30-10-5-6-11-31(30)19-29)45(67)57-38(15-9-18-52-48(49)50)43(65)56-34(26-61)21-32-24-53-36-14-8-7-12-35(32)36/h5-8,10-12,14,16-17,19,24-27,34,37-41,53H,3-4,9,13,15,18,20-23H2,1-2H3,(H,51,54)(H,55,62)(H,56,65)(H,57,67)(H,58,68)(H,59,69)(H,60,66)(H,63,64)(H4,49,50,52)/t34-,37-,38-,39+,40-,41-/m0/s1. The summed E-state index contributed by atoms with van der Waals surface area (Å²) in [6.45, 7) is 3.21. The van der Waals surface area contributed by atoms with Crippen molar-refractivity contribution in [2.24, 2.45) is 16.5 Å². The van der Waals surface area contributed by atoms with Gasteiger partial charge in [0, 0.05) is 61.7 Å². The van der Waals surface area contributed by atoms with Gasteiger partial charge in [0.1, 0.15) is 36.5 Å². The van der Waals surface area contributed by atoms with Crippen LogP contribution in [0, 0.1) is 0 Å². The van der Waals surface area contributed by atoms with E-state index in [9.17, 15) is 43.5 Å². The summed E-state index contributed by atoms with van der Waals surface area (Å²) in [6.07, 6.45) is 5.75. The van der Waals surface area contributed by atoms with Crippen LogP contribution in [0.2, 0.25) is 0 Å². The third-order valence-corrected chi connectivity index (χ3v) is 11.2. The molecule has 5 aromatic rings. The summed E-state index contributed by atoms with van der Waals surface area (Å²) in [5.74, 6) is -6.31. The van der Waals surface area contributed by atoms with Crippen LogP contribution in [0.1, 0.15) is 69.2 Å². The summed E-state index contributed by atoms with van der Waals surface area (Å²) in [7, 11) is 0. The fourth-order valence-corrected chi connectivity index (χ4v) is 7.76. The Labute approximate surface area is 397 Å². The number of benzene rings is 3. The number of imidazole rings is 1. The van der Waals surface area contributed by atoms with Gasteiger partial charge >= 0.3 is 5.97 Å². The molecule has 3 aromatic carbocycles. The van der Waals surface area contributed by atoms with Crippen molar-refractivity contribution in [3.63, 3.8) is 0 Å². The van der Waals surface area contributed by atoms with Crippen LogP contribution >= 0.6 is 0 Å². The first-order valence-corrected chi connectivity index (χ1v) is 22.6. The number of aliphatic imine (C=N–C) groups is 1. The van der Waals surface area contributed by atoms with E-state index < -0.39 is 84.1 Å². The van der Waals surface area contributed by atoms with Crippen molar-refractivity contribution in [1.82, 2.24) is 46.9 Å². The molecule has 0 spiro atoms. The zero-order valence-corrected chi connectivity index (χ0v) is 38.5. The molecule has 0 fully saturated rings. The van der Waals surface area contributed by atoms with Crippen LogP contribution in [-0.2, 0) is 57.6 Å². The first-order chi connectivity index (χ1) is 33.1. The number of nitrogens with one attached hydrogen (secondary N) is 8. The van der Waals surface area contributed by atoms with Gasteiger partial charge in [0.2, 0.25) is 35.4 Å². The molecule has 6 atom stereocenters. The average Bonchev–Trinajstić information content (AvgIpc) is 4.00. The van der Waals surface area contributed by atoms with Crippen LogP contribution < -0.4 is 43.4 Å². The van der Waals surface area contributed by atoms with Crippen LogP contribution in [0.25, 0.3) is 21.7 Å². The van der Waals surface area contributed by atoms with Gasteiger partial charge in [-0.15, -0.1) is 0 Å². The normalized spacial score (nSPS) is 13.7. The first kappa shape index (κ1) is 51.9. The van der Waals surface area contributed by atoms with E-state index in [1.54, 1.807) is 12.3 Å². The lowest BCUT2D eigenvalue weighted by Crippen LogP contribution is -2.60. The van der Waals surface area contributed by atoms with Gasteiger partial charge < -0.3 is 63.2 Å². The number of carbonyl (C=O) groups excluding carboxylic acids is 7. The number of carboxylic acid groups (broad SMARTS) is 1. The van der Waals surface area contributed by atoms with Crippen molar-refractivity contribution >= 4 is 75.3 Å². The fourth-order valence-electron chi connectivity index (χ4n) is 7.76. The molecule has 0 aliphatic rings. The molecule has 0 aliphatic heterocycles. The summed E-state index contributed by atoms with van der Waals surface area (Å²) in [4.78, 5) is 121. The molecule has 0 bridgehead atoms. The highest BCUT2D eigenvalue weighted by molar-refractivity contribution is 5.98. The Morgan fingerprint density at radius 3 is 1.99 bits per heavy atom. The van der Waals surface area contributed by atoms with Gasteiger partial charge in [-0.25, -0.2) is 4.98 Å². The second-order valence-electron chi connectivity index (χ2n) is 16.7. The molecule has 69 heavy (non-hydrogen) atoms. The number of aldehydes is 1. The molecule has 2 heterocycles. The SMILES string of the molecule is CCCC[C@H](NC(C)=O)C(=O)N[C@@H](CC(=O)O)C(=O)N[C@@H](Cc1cnc[nH]1)C(=O)N[C@H](Cc1ccc2ccccc2c1)C(=O)N[C@@H](CCCN=C(N)N)C(=O)N[C@H](C=O)Cc1c[nH]c2ccccc12.